The van der Waals surface area contributed by atoms with Crippen LogP contribution in [0.5, 0.6) is 0 Å². The number of aliphatic hydroxyl groups is 1. The number of nitrogens with one attached hydrogen (secondary N) is 7. The lowest BCUT2D eigenvalue weighted by molar-refractivity contribution is -0.143. The Morgan fingerprint density at radius 3 is 1.77 bits per heavy atom. The summed E-state index contributed by atoms with van der Waals surface area (Å²) in [7, 11) is 0. The minimum atomic E-state index is -1.77. The number of thiol groups is 2. The maximum Gasteiger partial charge on any atom is 0.322 e. The van der Waals surface area contributed by atoms with E-state index in [2.05, 4.69) is 62.5 Å². The summed E-state index contributed by atoms with van der Waals surface area (Å²) in [6.45, 7) is 7.45. The second-order valence-electron chi connectivity index (χ2n) is 16.3. The Bertz CT molecular complexity index is 1880. The number of nitrogens with two attached hydrogens (primary N) is 2. The van der Waals surface area contributed by atoms with Crippen molar-refractivity contribution in [2.24, 2.45) is 23.3 Å². The number of rotatable bonds is 27. The lowest BCUT2D eigenvalue weighted by Gasteiger charge is -2.31. The molecule has 0 bridgehead atoms. The summed E-state index contributed by atoms with van der Waals surface area (Å²) in [5.41, 5.74) is 12.0. The number of benzene rings is 1. The highest BCUT2D eigenvalue weighted by atomic mass is 32.1. The van der Waals surface area contributed by atoms with Crippen LogP contribution in [0.4, 0.5) is 0 Å². The number of carbonyl (C=O) groups excluding carboxylic acids is 9. The Morgan fingerprint density at radius 1 is 0.712 bits per heavy atom. The van der Waals surface area contributed by atoms with Crippen LogP contribution in [-0.2, 0) is 54.4 Å². The number of primary amides is 1. The van der Waals surface area contributed by atoms with E-state index in [0.717, 1.165) is 0 Å². The summed E-state index contributed by atoms with van der Waals surface area (Å²) >= 11 is 8.28. The first-order valence-electron chi connectivity index (χ1n) is 21.7. The van der Waals surface area contributed by atoms with Crippen LogP contribution >= 0.6 is 25.3 Å². The molecule has 66 heavy (non-hydrogen) atoms. The van der Waals surface area contributed by atoms with E-state index in [-0.39, 0.29) is 30.9 Å². The Balaban J connectivity index is 2.28. The van der Waals surface area contributed by atoms with Crippen LogP contribution in [0.2, 0.25) is 0 Å². The molecule has 0 unspecified atom stereocenters. The highest BCUT2D eigenvalue weighted by Crippen LogP contribution is 2.21. The fourth-order valence-electron chi connectivity index (χ4n) is 6.88. The molecule has 1 heterocycles. The van der Waals surface area contributed by atoms with Crippen LogP contribution in [0.1, 0.15) is 72.3 Å². The number of amides is 9. The number of carbonyl (C=O) groups is 10. The van der Waals surface area contributed by atoms with E-state index in [1.165, 1.54) is 11.8 Å². The van der Waals surface area contributed by atoms with Crippen LogP contribution in [0.3, 0.4) is 0 Å². The van der Waals surface area contributed by atoms with Crippen molar-refractivity contribution in [2.75, 3.05) is 24.6 Å². The monoisotopic (exact) mass is 966 g/mol. The zero-order chi connectivity index (χ0) is 49.8. The molecule has 0 saturated carbocycles. The smallest absolute Gasteiger partial charge is 0.322 e. The fraction of sp³-hybridized carbons (Fsp3) is 0.619. The first-order valence-corrected chi connectivity index (χ1v) is 23.0. The van der Waals surface area contributed by atoms with Crippen molar-refractivity contribution in [3.8, 4) is 0 Å². The molecular weight excluding hydrogens is 901 g/mol. The summed E-state index contributed by atoms with van der Waals surface area (Å²) in [5, 5.41) is 37.0. The Hall–Kier alpha value is -5.46. The number of nitrogens with zero attached hydrogens (tertiary/aromatic N) is 1. The average Bonchev–Trinajstić information content (AvgIpc) is 3.78. The maximum absolute atomic E-state index is 13.9. The van der Waals surface area contributed by atoms with E-state index >= 15 is 0 Å². The van der Waals surface area contributed by atoms with E-state index in [0.29, 0.717) is 24.8 Å². The molecule has 368 valence electrons. The lowest BCUT2D eigenvalue weighted by atomic mass is 9.96. The highest BCUT2D eigenvalue weighted by Gasteiger charge is 2.41. The molecule has 0 radical (unpaired) electrons. The van der Waals surface area contributed by atoms with Crippen molar-refractivity contribution in [2.45, 2.75) is 128 Å². The molecule has 24 heteroatoms. The second kappa shape index (κ2) is 27.9. The molecule has 1 fully saturated rings. The quantitative estimate of drug-likeness (QED) is 0.0389. The Morgan fingerprint density at radius 2 is 1.24 bits per heavy atom. The zero-order valence-electron chi connectivity index (χ0n) is 37.8. The molecular formula is C42H66N10O12S2. The molecule has 0 spiro atoms. The number of aliphatic carboxylic acids is 1. The van der Waals surface area contributed by atoms with Gasteiger partial charge in [-0.05, 0) is 37.2 Å². The third kappa shape index (κ3) is 17.4. The molecule has 1 aliphatic heterocycles. The molecule has 1 aromatic carbocycles. The number of aliphatic hydroxyl groups excluding tert-OH is 1. The molecule has 0 aromatic heterocycles. The summed E-state index contributed by atoms with van der Waals surface area (Å²) in [5.74, 6) is -10.3. The van der Waals surface area contributed by atoms with Gasteiger partial charge in [0.2, 0.25) is 53.2 Å². The van der Waals surface area contributed by atoms with E-state index in [4.69, 9.17) is 16.6 Å². The van der Waals surface area contributed by atoms with Crippen molar-refractivity contribution < 1.29 is 58.2 Å². The van der Waals surface area contributed by atoms with Crippen LogP contribution in [0.15, 0.2) is 30.3 Å². The third-order valence-corrected chi connectivity index (χ3v) is 11.9. The third-order valence-electron chi connectivity index (χ3n) is 11.2. The van der Waals surface area contributed by atoms with Crippen molar-refractivity contribution in [1.29, 1.82) is 0 Å². The molecule has 11 atom stereocenters. The Kier molecular flexibility index (Phi) is 23.9. The van der Waals surface area contributed by atoms with Gasteiger partial charge in [0.25, 0.3) is 0 Å². The molecule has 0 aliphatic carbocycles. The molecule has 1 saturated heterocycles. The summed E-state index contributed by atoms with van der Waals surface area (Å²) in [6.07, 6.45) is -1.01. The average molecular weight is 967 g/mol. The molecule has 1 aromatic rings. The van der Waals surface area contributed by atoms with Gasteiger partial charge < -0.3 is 63.8 Å². The van der Waals surface area contributed by atoms with Crippen LogP contribution in [0.25, 0.3) is 0 Å². The van der Waals surface area contributed by atoms with Gasteiger partial charge in [-0.2, -0.15) is 25.3 Å². The van der Waals surface area contributed by atoms with Crippen molar-refractivity contribution in [1.82, 2.24) is 42.1 Å². The SMILES string of the molecule is CC[C@H](C)[C@H](NC(=O)[C@H](Cc1ccccc1)NC(=O)[C@@H](N)CS)C(=O)N[C@H](C(=O)N[C@@H](CC(N)=O)C(=O)N[C@@H](CS)C(=O)N1CCC[C@H]1C(=O)N[C@H](C(=O)NCC(=O)O)[C@@H](C)CC)[C@@H](C)O. The topological polar surface area (TPSA) is 351 Å². The first-order chi connectivity index (χ1) is 31.1. The number of likely N-dealkylation sites (tertiary alicyclic amines) is 1. The molecule has 13 N–H and O–H groups in total. The van der Waals surface area contributed by atoms with Gasteiger partial charge in [-0.1, -0.05) is 70.9 Å². The zero-order valence-corrected chi connectivity index (χ0v) is 39.6. The van der Waals surface area contributed by atoms with Crippen LogP contribution in [-0.4, -0.2) is 153 Å². The molecule has 9 amide bonds. The maximum atomic E-state index is 13.9. The van der Waals surface area contributed by atoms with Gasteiger partial charge in [0, 0.05) is 24.5 Å². The highest BCUT2D eigenvalue weighted by molar-refractivity contribution is 7.80. The van der Waals surface area contributed by atoms with E-state index in [1.807, 2.05) is 0 Å². The predicted molar refractivity (Wildman–Crippen MR) is 247 cm³/mol. The summed E-state index contributed by atoms with van der Waals surface area (Å²) < 4.78 is 0. The number of hydrogen-bond donors (Lipinski definition) is 13. The molecule has 2 rings (SSSR count). The van der Waals surface area contributed by atoms with Gasteiger partial charge in [0.1, 0.15) is 48.8 Å². The van der Waals surface area contributed by atoms with Crippen LogP contribution < -0.4 is 48.7 Å². The second-order valence-corrected chi connectivity index (χ2v) is 17.0. The van der Waals surface area contributed by atoms with Crippen molar-refractivity contribution in [3.05, 3.63) is 35.9 Å². The van der Waals surface area contributed by atoms with E-state index < -0.39 is 138 Å². The minimum Gasteiger partial charge on any atom is -0.480 e. The van der Waals surface area contributed by atoms with Crippen LogP contribution in [0, 0.1) is 11.8 Å². The number of carboxylic acid groups (broad SMARTS) is 1. The van der Waals surface area contributed by atoms with Gasteiger partial charge >= 0.3 is 5.97 Å². The van der Waals surface area contributed by atoms with Gasteiger partial charge in [-0.3, -0.25) is 47.9 Å². The lowest BCUT2D eigenvalue weighted by Crippen LogP contribution is -2.63. The van der Waals surface area contributed by atoms with Gasteiger partial charge in [-0.25, -0.2) is 0 Å². The normalized spacial score (nSPS) is 18.0. The molecule has 1 aliphatic rings. The number of carboxylic acids is 1. The van der Waals surface area contributed by atoms with Crippen molar-refractivity contribution >= 4 is 84.4 Å². The first kappa shape index (κ1) is 56.7. The van der Waals surface area contributed by atoms with Gasteiger partial charge in [-0.15, -0.1) is 0 Å². The fourth-order valence-corrected chi connectivity index (χ4v) is 7.30. The van der Waals surface area contributed by atoms with Crippen molar-refractivity contribution in [3.63, 3.8) is 0 Å². The van der Waals surface area contributed by atoms with E-state index in [1.54, 1.807) is 58.0 Å². The summed E-state index contributed by atoms with van der Waals surface area (Å²) in [6, 6.07) is -1.94. The minimum absolute atomic E-state index is 0.00956. The molecule has 22 nitrogen and oxygen atoms in total. The largest absolute Gasteiger partial charge is 0.480 e. The summed E-state index contributed by atoms with van der Waals surface area (Å²) in [4.78, 5) is 133. The standard InChI is InChI=1S/C42H66N10O12S2/c1-6-21(3)32(39(61)45-18-31(55)56)50-38(60)29-14-11-15-52(29)42(64)28(20-66)48-36(58)27(17-30(44)54)47-41(63)34(23(5)53)51-40(62)33(22(4)7-2)49-37(59)26(46-35(57)25(43)19-65)16-24-12-9-8-10-13-24/h8-10,12-13,21-23,25-29,32-34,53,65-66H,6-7,11,14-20,43H2,1-5H3,(H2,44,54)(H,45,61)(H,46,57)(H,47,63)(H,48,58)(H,49,59)(H,50,60)(H,51,62)(H,55,56)/t21-,22-,23+,25-,26-,27-,28-,29-,32-,33-,34-/m0/s1. The van der Waals surface area contributed by atoms with E-state index in [9.17, 15) is 53.1 Å². The Labute approximate surface area is 394 Å². The predicted octanol–water partition coefficient (Wildman–Crippen LogP) is -3.14. The number of hydrogen-bond acceptors (Lipinski definition) is 14. The van der Waals surface area contributed by atoms with Gasteiger partial charge in [0.05, 0.1) is 18.6 Å². The van der Waals surface area contributed by atoms with Gasteiger partial charge in [0.15, 0.2) is 0 Å².